The molecule has 5 nitrogen and oxygen atoms in total. The minimum absolute atomic E-state index is 0.00678. The number of methoxy groups -OCH3 is 1. The van der Waals surface area contributed by atoms with Gasteiger partial charge >= 0.3 is 0 Å². The highest BCUT2D eigenvalue weighted by Gasteiger charge is 2.25. The fourth-order valence-corrected chi connectivity index (χ4v) is 2.48. The molecule has 1 saturated heterocycles. The van der Waals surface area contributed by atoms with Gasteiger partial charge in [-0.25, -0.2) is 4.39 Å². The van der Waals surface area contributed by atoms with Gasteiger partial charge in [-0.1, -0.05) is 0 Å². The minimum atomic E-state index is -0.264. The highest BCUT2D eigenvalue weighted by molar-refractivity contribution is 5.59. The van der Waals surface area contributed by atoms with Crippen LogP contribution in [0.4, 0.5) is 10.2 Å². The summed E-state index contributed by atoms with van der Waals surface area (Å²) in [4.78, 5) is 0. The first-order valence-electron chi connectivity index (χ1n) is 7.23. The summed E-state index contributed by atoms with van der Waals surface area (Å²) < 4.78 is 23.7. The van der Waals surface area contributed by atoms with Gasteiger partial charge in [-0.05, 0) is 42.8 Å². The average molecular weight is 303 g/mol. The van der Waals surface area contributed by atoms with Crippen LogP contribution in [0.2, 0.25) is 0 Å². The molecule has 0 bridgehead atoms. The lowest BCUT2D eigenvalue weighted by molar-refractivity contribution is -0.0367. The van der Waals surface area contributed by atoms with Gasteiger partial charge in [-0.3, -0.25) is 0 Å². The molecular formula is C16H18FN3O2. The summed E-state index contributed by atoms with van der Waals surface area (Å²) in [6, 6.07) is 10.1. The summed E-state index contributed by atoms with van der Waals surface area (Å²) in [5, 5.41) is 11.7. The lowest BCUT2D eigenvalue weighted by Gasteiger charge is -2.31. The lowest BCUT2D eigenvalue weighted by Crippen LogP contribution is -2.43. The minimum Gasteiger partial charge on any atom is -0.379 e. The number of nitrogens with zero attached hydrogens (tertiary/aromatic N) is 2. The van der Waals surface area contributed by atoms with Crippen LogP contribution in [0.1, 0.15) is 6.42 Å². The van der Waals surface area contributed by atoms with E-state index in [-0.39, 0.29) is 18.0 Å². The first kappa shape index (κ1) is 14.9. The molecule has 0 amide bonds. The zero-order valence-corrected chi connectivity index (χ0v) is 12.3. The maximum Gasteiger partial charge on any atom is 0.148 e. The standard InChI is InChI=1S/C16H18FN3O2/c1-21-15-10-22-9-8-14(15)18-16-7-6-13(19-20-16)11-2-4-12(17)5-3-11/h2-7,14-15H,8-10H2,1H3,(H,18,20)/t14-,15-/m0/s1. The van der Waals surface area contributed by atoms with E-state index in [1.807, 2.05) is 12.1 Å². The van der Waals surface area contributed by atoms with Crippen molar-refractivity contribution in [3.63, 3.8) is 0 Å². The normalized spacial score (nSPS) is 21.5. The smallest absolute Gasteiger partial charge is 0.148 e. The molecule has 2 aromatic rings. The number of benzene rings is 1. The van der Waals surface area contributed by atoms with Crippen LogP contribution in [-0.2, 0) is 9.47 Å². The van der Waals surface area contributed by atoms with Crippen LogP contribution in [0.5, 0.6) is 0 Å². The maximum absolute atomic E-state index is 12.9. The quantitative estimate of drug-likeness (QED) is 0.940. The van der Waals surface area contributed by atoms with Gasteiger partial charge in [0, 0.05) is 19.3 Å². The highest BCUT2D eigenvalue weighted by atomic mass is 19.1. The number of hydrogen-bond acceptors (Lipinski definition) is 5. The molecule has 1 aliphatic heterocycles. The summed E-state index contributed by atoms with van der Waals surface area (Å²) >= 11 is 0. The molecular weight excluding hydrogens is 285 g/mol. The number of rotatable bonds is 4. The lowest BCUT2D eigenvalue weighted by atomic mass is 10.1. The predicted octanol–water partition coefficient (Wildman–Crippen LogP) is 2.50. The monoisotopic (exact) mass is 303 g/mol. The van der Waals surface area contributed by atoms with Gasteiger partial charge in [0.2, 0.25) is 0 Å². The van der Waals surface area contributed by atoms with E-state index >= 15 is 0 Å². The van der Waals surface area contributed by atoms with Gasteiger partial charge in [-0.15, -0.1) is 10.2 Å². The largest absolute Gasteiger partial charge is 0.379 e. The molecule has 3 rings (SSSR count). The number of aromatic nitrogens is 2. The van der Waals surface area contributed by atoms with Crippen molar-refractivity contribution in [3.8, 4) is 11.3 Å². The van der Waals surface area contributed by atoms with Crippen molar-refractivity contribution in [1.82, 2.24) is 10.2 Å². The Morgan fingerprint density at radius 3 is 2.68 bits per heavy atom. The highest BCUT2D eigenvalue weighted by Crippen LogP contribution is 2.19. The van der Waals surface area contributed by atoms with Crippen LogP contribution in [0, 0.1) is 5.82 Å². The van der Waals surface area contributed by atoms with E-state index in [1.165, 1.54) is 12.1 Å². The molecule has 1 fully saturated rings. The zero-order valence-electron chi connectivity index (χ0n) is 12.3. The molecule has 6 heteroatoms. The van der Waals surface area contributed by atoms with Crippen LogP contribution < -0.4 is 5.32 Å². The summed E-state index contributed by atoms with van der Waals surface area (Å²) in [6.45, 7) is 1.29. The summed E-state index contributed by atoms with van der Waals surface area (Å²) in [5.41, 5.74) is 1.54. The van der Waals surface area contributed by atoms with Crippen molar-refractivity contribution in [1.29, 1.82) is 0 Å². The Morgan fingerprint density at radius 2 is 2.00 bits per heavy atom. The van der Waals surface area contributed by atoms with Crippen molar-refractivity contribution in [2.45, 2.75) is 18.6 Å². The molecule has 1 aromatic heterocycles. The van der Waals surface area contributed by atoms with Crippen molar-refractivity contribution in [3.05, 3.63) is 42.2 Å². The van der Waals surface area contributed by atoms with Gasteiger partial charge < -0.3 is 14.8 Å². The molecule has 0 aliphatic carbocycles. The van der Waals surface area contributed by atoms with Crippen LogP contribution >= 0.6 is 0 Å². The van der Waals surface area contributed by atoms with Crippen LogP contribution in [0.15, 0.2) is 36.4 Å². The maximum atomic E-state index is 12.9. The molecule has 1 N–H and O–H groups in total. The first-order chi connectivity index (χ1) is 10.8. The Balaban J connectivity index is 1.70. The molecule has 2 heterocycles. The van der Waals surface area contributed by atoms with E-state index in [1.54, 1.807) is 19.2 Å². The van der Waals surface area contributed by atoms with Gasteiger partial charge in [0.15, 0.2) is 0 Å². The second kappa shape index (κ2) is 6.81. The average Bonchev–Trinajstić information content (AvgIpc) is 2.57. The Bertz CT molecular complexity index is 604. The van der Waals surface area contributed by atoms with Crippen molar-refractivity contribution >= 4 is 5.82 Å². The van der Waals surface area contributed by atoms with Crippen LogP contribution in [-0.4, -0.2) is 42.7 Å². The van der Waals surface area contributed by atoms with E-state index < -0.39 is 0 Å². The molecule has 1 aromatic carbocycles. The van der Waals surface area contributed by atoms with Gasteiger partial charge in [-0.2, -0.15) is 0 Å². The van der Waals surface area contributed by atoms with Gasteiger partial charge in [0.25, 0.3) is 0 Å². The molecule has 0 unspecified atom stereocenters. The first-order valence-corrected chi connectivity index (χ1v) is 7.23. The van der Waals surface area contributed by atoms with Crippen molar-refractivity contribution < 1.29 is 13.9 Å². The summed E-state index contributed by atoms with van der Waals surface area (Å²) in [5.74, 6) is 0.430. The molecule has 0 radical (unpaired) electrons. The third-order valence-corrected chi connectivity index (χ3v) is 3.74. The fourth-order valence-electron chi connectivity index (χ4n) is 2.48. The summed E-state index contributed by atoms with van der Waals surface area (Å²) in [7, 11) is 1.68. The Hall–Kier alpha value is -2.05. The Morgan fingerprint density at radius 1 is 1.18 bits per heavy atom. The third kappa shape index (κ3) is 3.40. The summed E-state index contributed by atoms with van der Waals surface area (Å²) in [6.07, 6.45) is 0.868. The number of hydrogen-bond donors (Lipinski definition) is 1. The fraction of sp³-hybridized carbons (Fsp3) is 0.375. The number of nitrogens with one attached hydrogen (secondary N) is 1. The van der Waals surface area contributed by atoms with Crippen LogP contribution in [0.3, 0.4) is 0 Å². The van der Waals surface area contributed by atoms with E-state index in [0.717, 1.165) is 12.0 Å². The molecule has 1 aliphatic rings. The van der Waals surface area contributed by atoms with E-state index in [0.29, 0.717) is 24.7 Å². The van der Waals surface area contributed by atoms with E-state index in [4.69, 9.17) is 9.47 Å². The second-order valence-corrected chi connectivity index (χ2v) is 5.20. The van der Waals surface area contributed by atoms with Crippen molar-refractivity contribution in [2.75, 3.05) is 25.6 Å². The molecule has 0 spiro atoms. The Kier molecular flexibility index (Phi) is 4.60. The topological polar surface area (TPSA) is 56.3 Å². The number of halogens is 1. The van der Waals surface area contributed by atoms with Crippen LogP contribution in [0.25, 0.3) is 11.3 Å². The molecule has 2 atom stereocenters. The second-order valence-electron chi connectivity index (χ2n) is 5.20. The van der Waals surface area contributed by atoms with E-state index in [2.05, 4.69) is 15.5 Å². The Labute approximate surface area is 128 Å². The molecule has 116 valence electrons. The zero-order chi connectivity index (χ0) is 15.4. The van der Waals surface area contributed by atoms with Gasteiger partial charge in [0.1, 0.15) is 17.7 Å². The third-order valence-electron chi connectivity index (χ3n) is 3.74. The number of anilines is 1. The van der Waals surface area contributed by atoms with E-state index in [9.17, 15) is 4.39 Å². The molecule has 22 heavy (non-hydrogen) atoms. The van der Waals surface area contributed by atoms with Crippen molar-refractivity contribution in [2.24, 2.45) is 0 Å². The predicted molar refractivity (Wildman–Crippen MR) is 81.1 cm³/mol. The SMILES string of the molecule is CO[C@H]1COCC[C@@H]1Nc1ccc(-c2ccc(F)cc2)nn1. The number of ether oxygens (including phenoxy) is 2. The molecule has 0 saturated carbocycles. The van der Waals surface area contributed by atoms with Gasteiger partial charge in [0.05, 0.1) is 18.3 Å².